The number of amides is 1. The van der Waals surface area contributed by atoms with E-state index in [2.05, 4.69) is 104 Å². The van der Waals surface area contributed by atoms with Crippen molar-refractivity contribution in [3.05, 3.63) is 97.2 Å². The zero-order valence-electron chi connectivity index (χ0n) is 73.7. The van der Waals surface area contributed by atoms with Crippen LogP contribution in [0.4, 0.5) is 0 Å². The van der Waals surface area contributed by atoms with Crippen molar-refractivity contribution < 1.29 is 89.4 Å². The van der Waals surface area contributed by atoms with Gasteiger partial charge in [-0.2, -0.15) is 0 Å². The van der Waals surface area contributed by atoms with E-state index in [9.17, 15) is 61.0 Å². The van der Waals surface area contributed by atoms with Crippen LogP contribution in [0.3, 0.4) is 0 Å². The Morgan fingerprint density at radius 2 is 0.590 bits per heavy atom. The zero-order chi connectivity index (χ0) is 84.5. The Morgan fingerprint density at radius 1 is 0.316 bits per heavy atom. The summed E-state index contributed by atoms with van der Waals surface area (Å²) in [4.78, 5) is 13.5. The molecule has 12 N–H and O–H groups in total. The second-order valence-electron chi connectivity index (χ2n) is 33.8. The van der Waals surface area contributed by atoms with E-state index in [4.69, 9.17) is 28.4 Å². The summed E-state index contributed by atoms with van der Waals surface area (Å²) in [5.41, 5.74) is 0. The monoisotopic (exact) mass is 1650 g/mol. The van der Waals surface area contributed by atoms with Gasteiger partial charge in [-0.25, -0.2) is 0 Å². The van der Waals surface area contributed by atoms with E-state index in [1.54, 1.807) is 6.08 Å². The molecule has 3 rings (SSSR count). The summed E-state index contributed by atoms with van der Waals surface area (Å²) in [5, 5.41) is 121. The van der Waals surface area contributed by atoms with Gasteiger partial charge < -0.3 is 89.9 Å². The maximum absolute atomic E-state index is 13.5. The lowest BCUT2D eigenvalue weighted by molar-refractivity contribution is -0.379. The number of nitrogens with one attached hydrogen (secondary N) is 1. The molecule has 0 aromatic carbocycles. The molecule has 0 aromatic heterocycles. The molecule has 19 nitrogen and oxygen atoms in total. The maximum Gasteiger partial charge on any atom is 0.220 e. The van der Waals surface area contributed by atoms with Gasteiger partial charge in [-0.15, -0.1) is 0 Å². The Morgan fingerprint density at radius 3 is 0.923 bits per heavy atom. The van der Waals surface area contributed by atoms with Crippen LogP contribution in [-0.2, 0) is 33.2 Å². The van der Waals surface area contributed by atoms with Crippen molar-refractivity contribution in [2.45, 2.75) is 491 Å². The Kier molecular flexibility index (Phi) is 70.4. The van der Waals surface area contributed by atoms with Gasteiger partial charge >= 0.3 is 0 Å². The first-order valence-corrected chi connectivity index (χ1v) is 48.0. The van der Waals surface area contributed by atoms with E-state index >= 15 is 0 Å². The third-order valence-corrected chi connectivity index (χ3v) is 23.4. The molecule has 0 aromatic rings. The normalized spacial score (nSPS) is 24.8. The summed E-state index contributed by atoms with van der Waals surface area (Å²) in [6, 6.07) is -0.979. The molecule has 17 unspecified atom stereocenters. The smallest absolute Gasteiger partial charge is 0.220 e. The molecule has 117 heavy (non-hydrogen) atoms. The average Bonchev–Trinajstić information content (AvgIpc) is 0.778. The van der Waals surface area contributed by atoms with E-state index < -0.39 is 124 Å². The van der Waals surface area contributed by atoms with Crippen LogP contribution in [0.1, 0.15) is 386 Å². The summed E-state index contributed by atoms with van der Waals surface area (Å²) in [6.07, 6.45) is 80.0. The van der Waals surface area contributed by atoms with Crippen LogP contribution >= 0.6 is 0 Å². The second kappa shape index (κ2) is 76.4. The number of rotatable bonds is 78. The molecule has 3 saturated heterocycles. The molecule has 19 heteroatoms. The van der Waals surface area contributed by atoms with Crippen molar-refractivity contribution >= 4 is 5.91 Å². The molecule has 680 valence electrons. The fourth-order valence-electron chi connectivity index (χ4n) is 15.8. The number of aliphatic hydroxyl groups excluding tert-OH is 11. The lowest BCUT2D eigenvalue weighted by Gasteiger charge is -2.48. The first kappa shape index (κ1) is 108. The maximum atomic E-state index is 13.5. The molecule has 0 bridgehead atoms. The van der Waals surface area contributed by atoms with Gasteiger partial charge in [0, 0.05) is 6.42 Å². The van der Waals surface area contributed by atoms with Gasteiger partial charge in [0.25, 0.3) is 0 Å². The number of carbonyl (C=O) groups is 1. The molecule has 3 fully saturated rings. The number of hydrogen-bond acceptors (Lipinski definition) is 18. The highest BCUT2D eigenvalue weighted by Crippen LogP contribution is 2.34. The number of unbranched alkanes of at least 4 members (excludes halogenated alkanes) is 48. The van der Waals surface area contributed by atoms with Crippen LogP contribution in [0.2, 0.25) is 0 Å². The van der Waals surface area contributed by atoms with Gasteiger partial charge in [-0.1, -0.05) is 400 Å². The van der Waals surface area contributed by atoms with E-state index in [1.165, 1.54) is 270 Å². The lowest BCUT2D eigenvalue weighted by Crippen LogP contribution is -2.66. The first-order chi connectivity index (χ1) is 57.3. The minimum absolute atomic E-state index is 0.243. The molecule has 3 aliphatic heterocycles. The summed E-state index contributed by atoms with van der Waals surface area (Å²) in [5.74, 6) is -0.271. The van der Waals surface area contributed by atoms with Crippen LogP contribution in [0.15, 0.2) is 97.2 Å². The van der Waals surface area contributed by atoms with Crippen LogP contribution in [0.5, 0.6) is 0 Å². The molecule has 3 heterocycles. The van der Waals surface area contributed by atoms with E-state index in [1.807, 2.05) is 6.08 Å². The quantitative estimate of drug-likeness (QED) is 0.0199. The third-order valence-electron chi connectivity index (χ3n) is 23.4. The van der Waals surface area contributed by atoms with Gasteiger partial charge in [-0.3, -0.25) is 4.79 Å². The Hall–Kier alpha value is -3.29. The SMILES string of the molecule is CC/C=C\C/C=C\C/C=C\C/C=C\C/C=C\C/C=C\C/C=C\CCCCCCCCCCCCCCCCCCCCCC(=O)NC(COC1OC(CO)C(OC2OC(CO)C(OC3OC(CO)C(O)C(O)C3O)C(O)C2O)C(O)C1O)C(O)/C=C/CCCCCCCCCCCCCCCCCCCCCCCCCCCCCCC. The largest absolute Gasteiger partial charge is 0.394 e. The van der Waals surface area contributed by atoms with E-state index in [0.717, 1.165) is 89.9 Å². The minimum atomic E-state index is -1.98. The molecular weight excluding hydrogens is 1480 g/mol. The lowest BCUT2D eigenvalue weighted by atomic mass is 9.96. The van der Waals surface area contributed by atoms with Gasteiger partial charge in [0.05, 0.1) is 38.6 Å². The molecule has 0 radical (unpaired) electrons. The highest BCUT2D eigenvalue weighted by atomic mass is 16.8. The van der Waals surface area contributed by atoms with Crippen molar-refractivity contribution in [3.63, 3.8) is 0 Å². The van der Waals surface area contributed by atoms with Crippen LogP contribution in [0.25, 0.3) is 0 Å². The van der Waals surface area contributed by atoms with E-state index in [-0.39, 0.29) is 18.9 Å². The zero-order valence-corrected chi connectivity index (χ0v) is 73.7. The number of allylic oxidation sites excluding steroid dienone is 15. The summed E-state index contributed by atoms with van der Waals surface area (Å²) < 4.78 is 34.6. The van der Waals surface area contributed by atoms with Crippen molar-refractivity contribution in [1.82, 2.24) is 5.32 Å². The molecule has 3 aliphatic rings. The van der Waals surface area contributed by atoms with Crippen molar-refractivity contribution in [1.29, 1.82) is 0 Å². The molecule has 0 spiro atoms. The Bertz CT molecular complexity index is 2490. The summed E-state index contributed by atoms with van der Waals surface area (Å²) in [6.45, 7) is 1.68. The predicted molar refractivity (Wildman–Crippen MR) is 475 cm³/mol. The number of aliphatic hydroxyl groups is 11. The molecule has 1 amide bonds. The van der Waals surface area contributed by atoms with Gasteiger partial charge in [0.1, 0.15) is 73.2 Å². The molecule has 0 saturated carbocycles. The predicted octanol–water partition coefficient (Wildman–Crippen LogP) is 19.4. The van der Waals surface area contributed by atoms with Crippen molar-refractivity contribution in [3.8, 4) is 0 Å². The Balaban J connectivity index is 1.30. The van der Waals surface area contributed by atoms with Crippen LogP contribution < -0.4 is 5.32 Å². The number of ether oxygens (including phenoxy) is 6. The van der Waals surface area contributed by atoms with Gasteiger partial charge in [-0.05, 0) is 77.0 Å². The second-order valence-corrected chi connectivity index (χ2v) is 33.8. The van der Waals surface area contributed by atoms with Crippen LogP contribution in [0, 0.1) is 0 Å². The van der Waals surface area contributed by atoms with Gasteiger partial charge in [0.2, 0.25) is 5.91 Å². The summed E-state index contributed by atoms with van der Waals surface area (Å²) >= 11 is 0. The standard InChI is InChI=1S/C98H175NO18/c1-3-5-7-9-11-13-15-17-19-21-23-25-27-29-31-33-35-36-37-38-39-40-41-42-43-44-46-48-50-52-54-56-58-60-62-64-66-68-70-72-74-76-86(104)99-81(82(103)75-73-71-69-67-65-63-61-59-57-55-53-51-49-47-45-34-32-30-28-26-24-22-20-18-16-14-12-10-8-6-4-2)80-112-96-92(110)89(107)94(84(78-101)114-96)117-98-93(111)90(108)95(85(79-102)115-98)116-97-91(109)88(106)87(105)83(77-100)113-97/h5,7,11,13,17,19,23,25,29,31,35-36,38-39,73,75,81-85,87-98,100-103,105-111H,3-4,6,8-10,12,14-16,18,20-22,24,26-28,30,32-34,37,40-72,74,76-80H2,1-2H3,(H,99,104)/b7-5-,13-11-,19-17-,25-23-,31-29-,36-35-,39-38-,75-73+. The fourth-order valence-corrected chi connectivity index (χ4v) is 15.8. The number of carbonyl (C=O) groups excluding carboxylic acids is 1. The van der Waals surface area contributed by atoms with Crippen LogP contribution in [-0.4, -0.2) is 193 Å². The number of hydrogen-bond donors (Lipinski definition) is 12. The third kappa shape index (κ3) is 54.2. The first-order valence-electron chi connectivity index (χ1n) is 48.0. The fraction of sp³-hybridized carbons (Fsp3) is 0.827. The van der Waals surface area contributed by atoms with Crippen molar-refractivity contribution in [2.24, 2.45) is 0 Å². The van der Waals surface area contributed by atoms with Crippen molar-refractivity contribution in [2.75, 3.05) is 26.4 Å². The minimum Gasteiger partial charge on any atom is -0.394 e. The molecule has 17 atom stereocenters. The summed E-state index contributed by atoms with van der Waals surface area (Å²) in [7, 11) is 0. The van der Waals surface area contributed by atoms with Gasteiger partial charge in [0.15, 0.2) is 18.9 Å². The Labute approximate surface area is 711 Å². The molecular formula is C98H175NO18. The van der Waals surface area contributed by atoms with E-state index in [0.29, 0.717) is 6.42 Å². The topological polar surface area (TPSA) is 307 Å². The molecule has 0 aliphatic carbocycles. The highest BCUT2D eigenvalue weighted by molar-refractivity contribution is 5.76. The average molecular weight is 1660 g/mol. The highest BCUT2D eigenvalue weighted by Gasteiger charge is 2.54.